The number of carbonyl (C=O) groups is 2. The lowest BCUT2D eigenvalue weighted by Gasteiger charge is -2.31. The van der Waals surface area contributed by atoms with Gasteiger partial charge in [-0.25, -0.2) is 0 Å². The maximum atomic E-state index is 13.9. The highest BCUT2D eigenvalue weighted by molar-refractivity contribution is 5.97. The highest BCUT2D eigenvalue weighted by Gasteiger charge is 2.26. The van der Waals surface area contributed by atoms with Gasteiger partial charge in [0, 0.05) is 61.6 Å². The number of hydrogen-bond acceptors (Lipinski definition) is 4. The van der Waals surface area contributed by atoms with Crippen molar-refractivity contribution in [3.8, 4) is 5.75 Å². The zero-order valence-electron chi connectivity index (χ0n) is 24.2. The second-order valence-corrected chi connectivity index (χ2v) is 10.4. The molecule has 0 aliphatic heterocycles. The molecule has 1 N–H and O–H groups in total. The molecular formula is C33H40N4O3. The molecule has 4 rings (SSSR count). The molecule has 1 aromatic heterocycles. The first-order chi connectivity index (χ1) is 19.3. The van der Waals surface area contributed by atoms with Gasteiger partial charge >= 0.3 is 0 Å². The fraction of sp³-hybridized carbons (Fsp3) is 0.333. The van der Waals surface area contributed by atoms with Crippen LogP contribution in [0.25, 0.3) is 10.9 Å². The number of methoxy groups -OCH3 is 1. The van der Waals surface area contributed by atoms with Gasteiger partial charge in [-0.1, -0.05) is 43.3 Å². The van der Waals surface area contributed by atoms with Gasteiger partial charge in [-0.05, 0) is 67.3 Å². The molecular weight excluding hydrogens is 500 g/mol. The summed E-state index contributed by atoms with van der Waals surface area (Å²) in [6.45, 7) is 5.03. The van der Waals surface area contributed by atoms with Crippen LogP contribution in [0.15, 0.2) is 79.0 Å². The molecule has 7 heteroatoms. The van der Waals surface area contributed by atoms with Gasteiger partial charge in [0.25, 0.3) is 5.91 Å². The van der Waals surface area contributed by atoms with Gasteiger partial charge in [-0.15, -0.1) is 0 Å². The van der Waals surface area contributed by atoms with Crippen LogP contribution in [0.2, 0.25) is 0 Å². The minimum Gasteiger partial charge on any atom is -0.497 e. The first-order valence-electron chi connectivity index (χ1n) is 13.8. The van der Waals surface area contributed by atoms with E-state index in [2.05, 4.69) is 46.3 Å². The topological polar surface area (TPSA) is 68.9 Å². The summed E-state index contributed by atoms with van der Waals surface area (Å²) in [5.41, 5.74) is 4.92. The summed E-state index contributed by atoms with van der Waals surface area (Å²) in [5, 5.41) is 1.17. The van der Waals surface area contributed by atoms with Crippen LogP contribution >= 0.6 is 0 Å². The molecule has 0 radical (unpaired) electrons. The maximum Gasteiger partial charge on any atom is 0.254 e. The summed E-state index contributed by atoms with van der Waals surface area (Å²) >= 11 is 0. The summed E-state index contributed by atoms with van der Waals surface area (Å²) < 4.78 is 5.33. The van der Waals surface area contributed by atoms with Crippen molar-refractivity contribution in [3.05, 3.63) is 95.7 Å². The fourth-order valence-electron chi connectivity index (χ4n) is 4.82. The van der Waals surface area contributed by atoms with E-state index in [0.717, 1.165) is 23.2 Å². The number of aromatic amines is 1. The van der Waals surface area contributed by atoms with Gasteiger partial charge in [0.1, 0.15) is 12.3 Å². The van der Waals surface area contributed by atoms with Crippen molar-refractivity contribution in [2.45, 2.75) is 39.3 Å². The Balaban J connectivity index is 1.58. The third-order valence-corrected chi connectivity index (χ3v) is 7.51. The zero-order valence-corrected chi connectivity index (χ0v) is 24.2. The normalized spacial score (nSPS) is 11.7. The molecule has 0 aliphatic rings. The molecule has 0 aliphatic carbocycles. The quantitative estimate of drug-likeness (QED) is 0.248. The van der Waals surface area contributed by atoms with Crippen LogP contribution in [-0.2, 0) is 17.8 Å². The average molecular weight is 541 g/mol. The minimum atomic E-state index is -0.173. The van der Waals surface area contributed by atoms with Crippen LogP contribution in [0, 0.1) is 0 Å². The van der Waals surface area contributed by atoms with Crippen molar-refractivity contribution >= 4 is 28.4 Å². The predicted molar refractivity (Wildman–Crippen MR) is 162 cm³/mol. The van der Waals surface area contributed by atoms with Gasteiger partial charge in [0.15, 0.2) is 0 Å². The Bertz CT molecular complexity index is 1430. The Morgan fingerprint density at radius 2 is 1.73 bits per heavy atom. The second-order valence-electron chi connectivity index (χ2n) is 10.4. The standard InChI is InChI=1S/C33H40N4O3/c1-6-24(2)37(33(39)26-10-9-11-29(20-26)40-5)23-32(38)36(22-25-14-16-28(17-15-25)35(3)4)19-18-27-21-34-31-13-8-7-12-30(27)31/h7-17,20-21,24,34H,6,18-19,22-23H2,1-5H3. The van der Waals surface area contributed by atoms with E-state index in [-0.39, 0.29) is 24.4 Å². The summed E-state index contributed by atoms with van der Waals surface area (Å²) in [5.74, 6) is 0.365. The lowest BCUT2D eigenvalue weighted by molar-refractivity contribution is -0.133. The molecule has 0 bridgehead atoms. The maximum absolute atomic E-state index is 13.9. The van der Waals surface area contributed by atoms with Crippen molar-refractivity contribution < 1.29 is 14.3 Å². The number of carbonyl (C=O) groups excluding carboxylic acids is 2. The number of anilines is 1. The molecule has 40 heavy (non-hydrogen) atoms. The van der Waals surface area contributed by atoms with Crippen LogP contribution in [0.3, 0.4) is 0 Å². The van der Waals surface area contributed by atoms with E-state index >= 15 is 0 Å². The summed E-state index contributed by atoms with van der Waals surface area (Å²) in [7, 11) is 5.60. The van der Waals surface area contributed by atoms with Gasteiger partial charge in [0.2, 0.25) is 5.91 Å². The molecule has 4 aromatic rings. The molecule has 1 heterocycles. The van der Waals surface area contributed by atoms with Gasteiger partial charge < -0.3 is 24.4 Å². The number of rotatable bonds is 12. The SMILES string of the molecule is CCC(C)N(CC(=O)N(CCc1c[nH]c2ccccc12)Cc1ccc(N(C)C)cc1)C(=O)c1cccc(OC)c1. The zero-order chi connectivity index (χ0) is 28.6. The molecule has 2 amide bonds. The number of ether oxygens (including phenoxy) is 1. The van der Waals surface area contributed by atoms with E-state index in [1.807, 2.05) is 57.2 Å². The Hall–Kier alpha value is -4.26. The van der Waals surface area contributed by atoms with Gasteiger partial charge in [0.05, 0.1) is 7.11 Å². The number of H-pyrrole nitrogens is 1. The smallest absolute Gasteiger partial charge is 0.254 e. The molecule has 0 saturated carbocycles. The van der Waals surface area contributed by atoms with E-state index < -0.39 is 0 Å². The highest BCUT2D eigenvalue weighted by Crippen LogP contribution is 2.21. The van der Waals surface area contributed by atoms with Crippen molar-refractivity contribution in [2.75, 3.05) is 39.2 Å². The number of amides is 2. The van der Waals surface area contributed by atoms with Crippen LogP contribution in [0.1, 0.15) is 41.8 Å². The Labute approximate surface area is 237 Å². The predicted octanol–water partition coefficient (Wildman–Crippen LogP) is 5.75. The Kier molecular flexibility index (Phi) is 9.48. The number of hydrogen-bond donors (Lipinski definition) is 1. The Morgan fingerprint density at radius 3 is 2.42 bits per heavy atom. The third kappa shape index (κ3) is 6.84. The lowest BCUT2D eigenvalue weighted by Crippen LogP contribution is -2.46. The summed E-state index contributed by atoms with van der Waals surface area (Å²) in [6, 6.07) is 23.5. The van der Waals surface area contributed by atoms with E-state index in [0.29, 0.717) is 30.8 Å². The van der Waals surface area contributed by atoms with Crippen molar-refractivity contribution in [1.29, 1.82) is 0 Å². The largest absolute Gasteiger partial charge is 0.497 e. The number of nitrogens with zero attached hydrogens (tertiary/aromatic N) is 3. The molecule has 3 aromatic carbocycles. The fourth-order valence-corrected chi connectivity index (χ4v) is 4.82. The van der Waals surface area contributed by atoms with Gasteiger partial charge in [-0.2, -0.15) is 0 Å². The number of fused-ring (bicyclic) bond motifs is 1. The minimum absolute atomic E-state index is 0.00865. The molecule has 0 fully saturated rings. The Morgan fingerprint density at radius 1 is 0.975 bits per heavy atom. The molecule has 7 nitrogen and oxygen atoms in total. The van der Waals surface area contributed by atoms with Crippen LogP contribution < -0.4 is 9.64 Å². The van der Waals surface area contributed by atoms with Crippen LogP contribution in [0.5, 0.6) is 5.75 Å². The summed E-state index contributed by atoms with van der Waals surface area (Å²) in [4.78, 5) is 36.5. The molecule has 210 valence electrons. The highest BCUT2D eigenvalue weighted by atomic mass is 16.5. The second kappa shape index (κ2) is 13.2. The number of benzene rings is 3. The molecule has 0 spiro atoms. The number of aromatic nitrogens is 1. The first kappa shape index (κ1) is 28.7. The van der Waals surface area contributed by atoms with Crippen molar-refractivity contribution in [2.24, 2.45) is 0 Å². The molecule has 0 saturated heterocycles. The third-order valence-electron chi connectivity index (χ3n) is 7.51. The molecule has 1 atom stereocenters. The average Bonchev–Trinajstić information content (AvgIpc) is 3.40. The van der Waals surface area contributed by atoms with E-state index in [1.54, 1.807) is 30.2 Å². The lowest BCUT2D eigenvalue weighted by atomic mass is 10.1. The number of nitrogens with one attached hydrogen (secondary N) is 1. The monoisotopic (exact) mass is 540 g/mol. The van der Waals surface area contributed by atoms with Crippen molar-refractivity contribution in [1.82, 2.24) is 14.8 Å². The van der Waals surface area contributed by atoms with E-state index in [9.17, 15) is 9.59 Å². The van der Waals surface area contributed by atoms with E-state index in [4.69, 9.17) is 4.74 Å². The van der Waals surface area contributed by atoms with Crippen LogP contribution in [0.4, 0.5) is 5.69 Å². The van der Waals surface area contributed by atoms with E-state index in [1.165, 1.54) is 10.9 Å². The van der Waals surface area contributed by atoms with Crippen LogP contribution in [-0.4, -0.2) is 66.9 Å². The van der Waals surface area contributed by atoms with Gasteiger partial charge in [-0.3, -0.25) is 9.59 Å². The number of para-hydroxylation sites is 1. The summed E-state index contributed by atoms with van der Waals surface area (Å²) in [6.07, 6.45) is 3.47. The first-order valence-corrected chi connectivity index (χ1v) is 13.8. The molecule has 1 unspecified atom stereocenters. The van der Waals surface area contributed by atoms with Crippen molar-refractivity contribution in [3.63, 3.8) is 0 Å².